The zero-order valence-electron chi connectivity index (χ0n) is 11.4. The molecule has 102 valence electrons. The number of nitrogens with one attached hydrogen (secondary N) is 1. The van der Waals surface area contributed by atoms with E-state index in [9.17, 15) is 4.79 Å². The first-order chi connectivity index (χ1) is 9.24. The Balaban J connectivity index is 1.56. The van der Waals surface area contributed by atoms with Gasteiger partial charge in [0.1, 0.15) is 5.75 Å². The van der Waals surface area contributed by atoms with E-state index in [0.717, 1.165) is 23.3 Å². The highest BCUT2D eigenvalue weighted by Crippen LogP contribution is 2.49. The molecule has 1 aromatic rings. The first kappa shape index (κ1) is 12.5. The Hall–Kier alpha value is -1.51. The van der Waals surface area contributed by atoms with Gasteiger partial charge in [-0.05, 0) is 49.1 Å². The monoisotopic (exact) mass is 259 g/mol. The minimum Gasteiger partial charge on any atom is -0.497 e. The Labute approximate surface area is 114 Å². The second-order valence-corrected chi connectivity index (χ2v) is 5.92. The fraction of sp³-hybridized carbons (Fsp3) is 0.562. The summed E-state index contributed by atoms with van der Waals surface area (Å²) in [7, 11) is 1.64. The number of ether oxygens (including phenoxy) is 1. The standard InChI is InChI=1S/C16H21NO2/c1-19-15-4-2-3-14(10-15)17-16(18)9-13-8-11-5-6-12(13)7-11/h2-4,10-13H,5-9H2,1H3,(H,17,18)/t11-,12+,13+/m0/s1. The molecular weight excluding hydrogens is 238 g/mol. The van der Waals surface area contributed by atoms with Crippen molar-refractivity contribution in [3.05, 3.63) is 24.3 Å². The maximum Gasteiger partial charge on any atom is 0.224 e. The molecule has 2 aliphatic carbocycles. The van der Waals surface area contributed by atoms with Crippen LogP contribution in [0.3, 0.4) is 0 Å². The number of fused-ring (bicyclic) bond motifs is 2. The van der Waals surface area contributed by atoms with E-state index in [1.54, 1.807) is 7.11 Å². The predicted octanol–water partition coefficient (Wildman–Crippen LogP) is 3.46. The molecule has 1 N–H and O–H groups in total. The molecule has 3 rings (SSSR count). The zero-order valence-corrected chi connectivity index (χ0v) is 11.4. The summed E-state index contributed by atoms with van der Waals surface area (Å²) in [5, 5.41) is 2.98. The smallest absolute Gasteiger partial charge is 0.224 e. The molecule has 2 saturated carbocycles. The summed E-state index contributed by atoms with van der Waals surface area (Å²) >= 11 is 0. The lowest BCUT2D eigenvalue weighted by Crippen LogP contribution is -2.20. The van der Waals surface area contributed by atoms with E-state index in [0.29, 0.717) is 12.3 Å². The number of carbonyl (C=O) groups is 1. The van der Waals surface area contributed by atoms with E-state index in [4.69, 9.17) is 4.74 Å². The Kier molecular flexibility index (Phi) is 3.45. The SMILES string of the molecule is COc1cccc(NC(=O)C[C@H]2C[C@H]3CC[C@@H]2C3)c1. The molecule has 3 nitrogen and oxygen atoms in total. The molecular formula is C16H21NO2. The third kappa shape index (κ3) is 2.75. The second kappa shape index (κ2) is 5.24. The molecule has 19 heavy (non-hydrogen) atoms. The minimum absolute atomic E-state index is 0.144. The van der Waals surface area contributed by atoms with E-state index in [1.807, 2.05) is 24.3 Å². The van der Waals surface area contributed by atoms with Gasteiger partial charge in [-0.25, -0.2) is 0 Å². The van der Waals surface area contributed by atoms with Crippen molar-refractivity contribution >= 4 is 11.6 Å². The van der Waals surface area contributed by atoms with Gasteiger partial charge in [0.05, 0.1) is 7.11 Å². The summed E-state index contributed by atoms with van der Waals surface area (Å²) in [5.41, 5.74) is 0.826. The molecule has 0 aromatic heterocycles. The molecule has 0 radical (unpaired) electrons. The summed E-state index contributed by atoms with van der Waals surface area (Å²) < 4.78 is 5.16. The lowest BCUT2D eigenvalue weighted by molar-refractivity contribution is -0.117. The van der Waals surface area contributed by atoms with Crippen LogP contribution in [0.25, 0.3) is 0 Å². The molecule has 2 fully saturated rings. The summed E-state index contributed by atoms with van der Waals surface area (Å²) in [6.45, 7) is 0. The zero-order chi connectivity index (χ0) is 13.2. The van der Waals surface area contributed by atoms with Gasteiger partial charge in [-0.1, -0.05) is 12.5 Å². The van der Waals surface area contributed by atoms with Gasteiger partial charge in [0.15, 0.2) is 0 Å². The van der Waals surface area contributed by atoms with Crippen LogP contribution in [0.1, 0.15) is 32.1 Å². The normalized spacial score (nSPS) is 28.4. The molecule has 1 aromatic carbocycles. The summed E-state index contributed by atoms with van der Waals surface area (Å²) in [5.74, 6) is 3.24. The van der Waals surface area contributed by atoms with Gasteiger partial charge in [-0.3, -0.25) is 4.79 Å². The van der Waals surface area contributed by atoms with E-state index >= 15 is 0 Å². The van der Waals surface area contributed by atoms with Crippen molar-refractivity contribution in [3.63, 3.8) is 0 Å². The average molecular weight is 259 g/mol. The van der Waals surface area contributed by atoms with Crippen LogP contribution in [0.5, 0.6) is 5.75 Å². The lowest BCUT2D eigenvalue weighted by Gasteiger charge is -2.20. The predicted molar refractivity (Wildman–Crippen MR) is 75.2 cm³/mol. The molecule has 3 atom stereocenters. The van der Waals surface area contributed by atoms with Gasteiger partial charge in [0.25, 0.3) is 0 Å². The number of hydrogen-bond acceptors (Lipinski definition) is 2. The van der Waals surface area contributed by atoms with Crippen molar-refractivity contribution in [2.24, 2.45) is 17.8 Å². The highest BCUT2D eigenvalue weighted by molar-refractivity contribution is 5.91. The van der Waals surface area contributed by atoms with Crippen LogP contribution in [0, 0.1) is 17.8 Å². The van der Waals surface area contributed by atoms with Crippen molar-refractivity contribution in [1.82, 2.24) is 0 Å². The molecule has 2 aliphatic rings. The summed E-state index contributed by atoms with van der Waals surface area (Å²) in [6, 6.07) is 7.54. The Morgan fingerprint density at radius 1 is 1.37 bits per heavy atom. The van der Waals surface area contributed by atoms with Crippen molar-refractivity contribution in [3.8, 4) is 5.75 Å². The number of methoxy groups -OCH3 is 1. The van der Waals surface area contributed by atoms with Crippen molar-refractivity contribution < 1.29 is 9.53 Å². The Bertz CT molecular complexity index is 472. The van der Waals surface area contributed by atoms with E-state index in [2.05, 4.69) is 5.32 Å². The molecule has 1 amide bonds. The molecule has 3 heteroatoms. The number of amides is 1. The van der Waals surface area contributed by atoms with Crippen molar-refractivity contribution in [2.75, 3.05) is 12.4 Å². The molecule has 0 unspecified atom stereocenters. The Morgan fingerprint density at radius 2 is 2.26 bits per heavy atom. The van der Waals surface area contributed by atoms with Gasteiger partial charge >= 0.3 is 0 Å². The largest absolute Gasteiger partial charge is 0.497 e. The highest BCUT2D eigenvalue weighted by atomic mass is 16.5. The number of carbonyl (C=O) groups excluding carboxylic acids is 1. The molecule has 0 heterocycles. The summed E-state index contributed by atoms with van der Waals surface area (Å²) in [4.78, 5) is 12.1. The maximum atomic E-state index is 12.1. The lowest BCUT2D eigenvalue weighted by atomic mass is 9.86. The van der Waals surface area contributed by atoms with Crippen LogP contribution in [0.2, 0.25) is 0 Å². The molecule has 2 bridgehead atoms. The first-order valence-electron chi connectivity index (χ1n) is 7.18. The summed E-state index contributed by atoms with van der Waals surface area (Å²) in [6.07, 6.45) is 6.02. The van der Waals surface area contributed by atoms with E-state index in [1.165, 1.54) is 25.7 Å². The second-order valence-electron chi connectivity index (χ2n) is 5.92. The first-order valence-corrected chi connectivity index (χ1v) is 7.18. The van der Waals surface area contributed by atoms with Crippen LogP contribution in [-0.4, -0.2) is 13.0 Å². The fourth-order valence-corrected chi connectivity index (χ4v) is 3.78. The van der Waals surface area contributed by atoms with Gasteiger partial charge in [-0.15, -0.1) is 0 Å². The van der Waals surface area contributed by atoms with Crippen LogP contribution in [0.15, 0.2) is 24.3 Å². The highest BCUT2D eigenvalue weighted by Gasteiger charge is 2.40. The molecule has 0 saturated heterocycles. The van der Waals surface area contributed by atoms with Crippen LogP contribution in [0.4, 0.5) is 5.69 Å². The Morgan fingerprint density at radius 3 is 2.95 bits per heavy atom. The fourth-order valence-electron chi connectivity index (χ4n) is 3.78. The van der Waals surface area contributed by atoms with Crippen molar-refractivity contribution in [1.29, 1.82) is 0 Å². The third-order valence-corrected chi connectivity index (χ3v) is 4.69. The number of benzene rings is 1. The molecule has 0 aliphatic heterocycles. The van der Waals surface area contributed by atoms with Crippen molar-refractivity contribution in [2.45, 2.75) is 32.1 Å². The van der Waals surface area contributed by atoms with Gasteiger partial charge in [-0.2, -0.15) is 0 Å². The number of hydrogen-bond donors (Lipinski definition) is 1. The van der Waals surface area contributed by atoms with Crippen LogP contribution < -0.4 is 10.1 Å². The quantitative estimate of drug-likeness (QED) is 0.899. The van der Waals surface area contributed by atoms with Gasteiger partial charge in [0.2, 0.25) is 5.91 Å². The van der Waals surface area contributed by atoms with Gasteiger partial charge in [0, 0.05) is 18.2 Å². The minimum atomic E-state index is 0.144. The number of rotatable bonds is 4. The van der Waals surface area contributed by atoms with Crippen LogP contribution >= 0.6 is 0 Å². The van der Waals surface area contributed by atoms with E-state index in [-0.39, 0.29) is 5.91 Å². The number of anilines is 1. The maximum absolute atomic E-state index is 12.1. The van der Waals surface area contributed by atoms with Gasteiger partial charge < -0.3 is 10.1 Å². The van der Waals surface area contributed by atoms with E-state index < -0.39 is 0 Å². The van der Waals surface area contributed by atoms with Crippen LogP contribution in [-0.2, 0) is 4.79 Å². The topological polar surface area (TPSA) is 38.3 Å². The molecule has 0 spiro atoms. The third-order valence-electron chi connectivity index (χ3n) is 4.69. The average Bonchev–Trinajstić information content (AvgIpc) is 3.01.